The summed E-state index contributed by atoms with van der Waals surface area (Å²) in [5.41, 5.74) is 1.14. The van der Waals surface area contributed by atoms with Crippen LogP contribution in [-0.4, -0.2) is 47.6 Å². The van der Waals surface area contributed by atoms with Crippen molar-refractivity contribution in [2.75, 3.05) is 25.6 Å². The summed E-state index contributed by atoms with van der Waals surface area (Å²) < 4.78 is 5.26. The van der Waals surface area contributed by atoms with Crippen LogP contribution >= 0.6 is 0 Å². The van der Waals surface area contributed by atoms with Gasteiger partial charge in [-0.15, -0.1) is 0 Å². The minimum Gasteiger partial charge on any atom is -0.506 e. The van der Waals surface area contributed by atoms with Crippen LogP contribution in [0.3, 0.4) is 0 Å². The van der Waals surface area contributed by atoms with E-state index in [2.05, 4.69) is 5.32 Å². The minimum absolute atomic E-state index is 0.0257. The summed E-state index contributed by atoms with van der Waals surface area (Å²) in [4.78, 5) is 28.8. The Morgan fingerprint density at radius 1 is 1.17 bits per heavy atom. The average Bonchev–Trinajstić information content (AvgIpc) is 3.19. The molecule has 1 aliphatic heterocycles. The summed E-state index contributed by atoms with van der Waals surface area (Å²) in [5, 5.41) is 13.0. The Bertz CT molecular complexity index is 921. The van der Waals surface area contributed by atoms with Crippen molar-refractivity contribution in [3.05, 3.63) is 59.7 Å². The molecule has 152 valence electrons. The van der Waals surface area contributed by atoms with Gasteiger partial charge in [0.05, 0.1) is 23.8 Å². The summed E-state index contributed by atoms with van der Waals surface area (Å²) >= 11 is 0. The van der Waals surface area contributed by atoms with Crippen LogP contribution in [0.4, 0.5) is 5.69 Å². The third-order valence-corrected chi connectivity index (χ3v) is 6.23. The Kier molecular flexibility index (Phi) is 5.28. The first-order valence-electron chi connectivity index (χ1n) is 10.1. The highest BCUT2D eigenvalue weighted by atomic mass is 16.5. The number of phenols is 1. The first-order valence-corrected chi connectivity index (χ1v) is 10.1. The summed E-state index contributed by atoms with van der Waals surface area (Å²) in [6.45, 7) is 0.869. The molecule has 1 saturated carbocycles. The van der Waals surface area contributed by atoms with Crippen LogP contribution in [0, 0.1) is 0 Å². The molecule has 1 atom stereocenters. The van der Waals surface area contributed by atoms with Crippen molar-refractivity contribution in [2.45, 2.75) is 37.1 Å². The Morgan fingerprint density at radius 2 is 1.86 bits per heavy atom. The topological polar surface area (TPSA) is 78.9 Å². The summed E-state index contributed by atoms with van der Waals surface area (Å²) in [7, 11) is 1.62. The summed E-state index contributed by atoms with van der Waals surface area (Å²) in [6, 6.07) is 14.1. The van der Waals surface area contributed by atoms with Crippen molar-refractivity contribution in [1.82, 2.24) is 4.90 Å². The Labute approximate surface area is 170 Å². The van der Waals surface area contributed by atoms with E-state index in [1.165, 1.54) is 0 Å². The van der Waals surface area contributed by atoms with E-state index >= 15 is 0 Å². The predicted molar refractivity (Wildman–Crippen MR) is 110 cm³/mol. The number of nitrogens with zero attached hydrogens (tertiary/aromatic N) is 1. The highest BCUT2D eigenvalue weighted by Crippen LogP contribution is 2.50. The van der Waals surface area contributed by atoms with Crippen molar-refractivity contribution in [3.63, 3.8) is 0 Å². The number of aromatic hydroxyl groups is 1. The lowest BCUT2D eigenvalue weighted by atomic mass is 9.71. The van der Waals surface area contributed by atoms with E-state index in [0.717, 1.165) is 31.2 Å². The molecule has 1 spiro atoms. The molecule has 2 amide bonds. The standard InChI is InChI=1S/C23H26N2O4/c1-29-15-14-25-22(28)17-9-3-2-8-16(17)20(23(25)12-6-7-13-23)21(27)24-18-10-4-5-11-19(18)26/h2-5,8-11,20,26H,6-7,12-15H2,1H3,(H,24,27). The first-order chi connectivity index (χ1) is 14.1. The van der Waals surface area contributed by atoms with E-state index in [-0.39, 0.29) is 17.6 Å². The molecule has 2 aliphatic rings. The highest BCUT2D eigenvalue weighted by molar-refractivity contribution is 6.05. The van der Waals surface area contributed by atoms with Crippen LogP contribution in [0.1, 0.15) is 47.5 Å². The molecule has 2 aromatic carbocycles. The fraction of sp³-hybridized carbons (Fsp3) is 0.391. The van der Waals surface area contributed by atoms with Crippen molar-refractivity contribution in [2.24, 2.45) is 0 Å². The molecule has 1 aliphatic carbocycles. The van der Waals surface area contributed by atoms with E-state index in [4.69, 9.17) is 4.74 Å². The van der Waals surface area contributed by atoms with E-state index in [1.54, 1.807) is 37.4 Å². The Balaban J connectivity index is 1.80. The molecule has 1 heterocycles. The normalized spacial score (nSPS) is 20.0. The molecular formula is C23H26N2O4. The molecule has 0 saturated heterocycles. The van der Waals surface area contributed by atoms with Crippen LogP contribution in [0.15, 0.2) is 48.5 Å². The maximum atomic E-state index is 13.6. The molecule has 1 fully saturated rings. The van der Waals surface area contributed by atoms with Gasteiger partial charge in [-0.3, -0.25) is 9.59 Å². The van der Waals surface area contributed by atoms with E-state index < -0.39 is 11.5 Å². The molecule has 6 heteroatoms. The monoisotopic (exact) mass is 394 g/mol. The number of fused-ring (bicyclic) bond motifs is 1. The molecule has 2 aromatic rings. The number of anilines is 1. The van der Waals surface area contributed by atoms with E-state index in [9.17, 15) is 14.7 Å². The first kappa shape index (κ1) is 19.5. The number of hydrogen-bond donors (Lipinski definition) is 2. The average molecular weight is 394 g/mol. The maximum Gasteiger partial charge on any atom is 0.254 e. The minimum atomic E-state index is -0.571. The zero-order valence-corrected chi connectivity index (χ0v) is 16.6. The van der Waals surface area contributed by atoms with Gasteiger partial charge in [0, 0.05) is 19.2 Å². The number of rotatable bonds is 5. The number of benzene rings is 2. The number of hydrogen-bond acceptors (Lipinski definition) is 4. The van der Waals surface area contributed by atoms with Gasteiger partial charge in [0.15, 0.2) is 0 Å². The van der Waals surface area contributed by atoms with Gasteiger partial charge in [-0.25, -0.2) is 0 Å². The molecular weight excluding hydrogens is 368 g/mol. The van der Waals surface area contributed by atoms with E-state index in [0.29, 0.717) is 24.4 Å². The van der Waals surface area contributed by atoms with E-state index in [1.807, 2.05) is 23.1 Å². The van der Waals surface area contributed by atoms with Gasteiger partial charge in [0.1, 0.15) is 5.75 Å². The smallest absolute Gasteiger partial charge is 0.254 e. The maximum absolute atomic E-state index is 13.6. The molecule has 6 nitrogen and oxygen atoms in total. The number of para-hydroxylation sites is 2. The summed E-state index contributed by atoms with van der Waals surface area (Å²) in [5.74, 6) is -0.713. The zero-order valence-electron chi connectivity index (χ0n) is 16.6. The van der Waals surface area contributed by atoms with Gasteiger partial charge in [0.25, 0.3) is 5.91 Å². The quantitative estimate of drug-likeness (QED) is 0.761. The zero-order chi connectivity index (χ0) is 20.4. The Hall–Kier alpha value is -2.86. The molecule has 0 radical (unpaired) electrons. The van der Waals surface area contributed by atoms with Crippen LogP contribution in [0.5, 0.6) is 5.75 Å². The summed E-state index contributed by atoms with van der Waals surface area (Å²) in [6.07, 6.45) is 3.49. The molecule has 0 aromatic heterocycles. The third-order valence-electron chi connectivity index (χ3n) is 6.23. The van der Waals surface area contributed by atoms with Gasteiger partial charge in [0.2, 0.25) is 5.91 Å². The number of carbonyl (C=O) groups excluding carboxylic acids is 2. The lowest BCUT2D eigenvalue weighted by molar-refractivity contribution is -0.121. The molecule has 2 N–H and O–H groups in total. The van der Waals surface area contributed by atoms with Crippen LogP contribution < -0.4 is 5.32 Å². The van der Waals surface area contributed by atoms with Gasteiger partial charge in [-0.2, -0.15) is 0 Å². The number of ether oxygens (including phenoxy) is 1. The SMILES string of the molecule is COCCN1C(=O)c2ccccc2C(C(=O)Nc2ccccc2O)C12CCCC2. The number of amides is 2. The largest absolute Gasteiger partial charge is 0.506 e. The fourth-order valence-electron chi connectivity index (χ4n) is 4.96. The predicted octanol–water partition coefficient (Wildman–Crippen LogP) is 3.53. The van der Waals surface area contributed by atoms with Crippen molar-refractivity contribution in [3.8, 4) is 5.75 Å². The number of methoxy groups -OCH3 is 1. The Morgan fingerprint density at radius 3 is 2.59 bits per heavy atom. The second-order valence-corrected chi connectivity index (χ2v) is 7.79. The lowest BCUT2D eigenvalue weighted by Crippen LogP contribution is -2.60. The van der Waals surface area contributed by atoms with Crippen molar-refractivity contribution in [1.29, 1.82) is 0 Å². The van der Waals surface area contributed by atoms with Gasteiger partial charge in [-0.1, -0.05) is 43.2 Å². The number of nitrogens with one attached hydrogen (secondary N) is 1. The number of carbonyl (C=O) groups is 2. The van der Waals surface area contributed by atoms with Gasteiger partial charge in [-0.05, 0) is 36.6 Å². The second kappa shape index (κ2) is 7.87. The van der Waals surface area contributed by atoms with Crippen LogP contribution in [-0.2, 0) is 9.53 Å². The molecule has 4 rings (SSSR count). The number of phenolic OH excluding ortho intramolecular Hbond substituents is 1. The third kappa shape index (κ3) is 3.27. The lowest BCUT2D eigenvalue weighted by Gasteiger charge is -2.50. The molecule has 0 bridgehead atoms. The molecule has 29 heavy (non-hydrogen) atoms. The fourth-order valence-corrected chi connectivity index (χ4v) is 4.96. The van der Waals surface area contributed by atoms with Crippen LogP contribution in [0.25, 0.3) is 0 Å². The second-order valence-electron chi connectivity index (χ2n) is 7.79. The van der Waals surface area contributed by atoms with Gasteiger partial charge >= 0.3 is 0 Å². The highest BCUT2D eigenvalue weighted by Gasteiger charge is 2.55. The van der Waals surface area contributed by atoms with Crippen molar-refractivity contribution >= 4 is 17.5 Å². The molecule has 1 unspecified atom stereocenters. The van der Waals surface area contributed by atoms with Crippen molar-refractivity contribution < 1.29 is 19.4 Å². The van der Waals surface area contributed by atoms with Crippen LogP contribution in [0.2, 0.25) is 0 Å². The van der Waals surface area contributed by atoms with Gasteiger partial charge < -0.3 is 20.1 Å².